The molecule has 3 nitrogen and oxygen atoms in total. The summed E-state index contributed by atoms with van der Waals surface area (Å²) < 4.78 is 0. The predicted molar refractivity (Wildman–Crippen MR) is 100 cm³/mol. The first-order valence-electron chi connectivity index (χ1n) is 10.3. The molecule has 0 aromatic rings. The van der Waals surface area contributed by atoms with Crippen LogP contribution in [-0.4, -0.2) is 29.4 Å². The molecule has 1 aliphatic heterocycles. The molecule has 4 rings (SSSR count). The Labute approximate surface area is 153 Å². The zero-order valence-electron chi connectivity index (χ0n) is 15.0. The number of likely N-dealkylation sites (tertiary alicyclic amines) is 1. The molecule has 0 aromatic carbocycles. The van der Waals surface area contributed by atoms with Gasteiger partial charge in [-0.15, -0.1) is 12.4 Å². The van der Waals surface area contributed by atoms with Crippen molar-refractivity contribution < 1.29 is 4.79 Å². The van der Waals surface area contributed by atoms with Crippen LogP contribution < -0.4 is 5.73 Å². The largest absolute Gasteiger partial charge is 0.339 e. The molecule has 2 N–H and O–H groups in total. The van der Waals surface area contributed by atoms with Crippen LogP contribution in [0.15, 0.2) is 0 Å². The summed E-state index contributed by atoms with van der Waals surface area (Å²) in [4.78, 5) is 15.6. The van der Waals surface area contributed by atoms with E-state index in [0.717, 1.165) is 25.3 Å². The van der Waals surface area contributed by atoms with Crippen LogP contribution in [0.4, 0.5) is 0 Å². The van der Waals surface area contributed by atoms with Gasteiger partial charge in [0.05, 0.1) is 0 Å². The highest BCUT2D eigenvalue weighted by molar-refractivity contribution is 5.85. The van der Waals surface area contributed by atoms with Gasteiger partial charge in [-0.1, -0.05) is 25.7 Å². The molecular formula is C20H35ClN2O. The van der Waals surface area contributed by atoms with E-state index >= 15 is 0 Å². The van der Waals surface area contributed by atoms with E-state index in [4.69, 9.17) is 5.73 Å². The molecule has 0 aromatic heterocycles. The van der Waals surface area contributed by atoms with Gasteiger partial charge in [-0.05, 0) is 69.1 Å². The molecule has 2 bridgehead atoms. The fourth-order valence-electron chi connectivity index (χ4n) is 6.30. The number of rotatable bonds is 2. The van der Waals surface area contributed by atoms with E-state index in [-0.39, 0.29) is 18.3 Å². The third-order valence-electron chi connectivity index (χ3n) is 7.54. The SMILES string of the molecule is Cl.NC1C2CCCC1CC(C(=O)N1CCCC1C1CCCCC1)C2. The molecule has 3 atom stereocenters. The maximum absolute atomic E-state index is 13.3. The number of carbonyl (C=O) groups excluding carboxylic acids is 1. The van der Waals surface area contributed by atoms with Gasteiger partial charge in [0.1, 0.15) is 0 Å². The van der Waals surface area contributed by atoms with E-state index in [2.05, 4.69) is 4.90 Å². The van der Waals surface area contributed by atoms with Gasteiger partial charge in [-0.25, -0.2) is 0 Å². The third kappa shape index (κ3) is 3.49. The van der Waals surface area contributed by atoms with Crippen LogP contribution in [0.2, 0.25) is 0 Å². The van der Waals surface area contributed by atoms with Crippen molar-refractivity contribution >= 4 is 18.3 Å². The summed E-state index contributed by atoms with van der Waals surface area (Å²) in [5, 5.41) is 0. The van der Waals surface area contributed by atoms with E-state index in [1.54, 1.807) is 0 Å². The molecular weight excluding hydrogens is 320 g/mol. The molecule has 4 aliphatic rings. The molecule has 3 aliphatic carbocycles. The Balaban J connectivity index is 0.00000169. The topological polar surface area (TPSA) is 46.3 Å². The van der Waals surface area contributed by atoms with Crippen LogP contribution in [0.3, 0.4) is 0 Å². The van der Waals surface area contributed by atoms with E-state index < -0.39 is 0 Å². The summed E-state index contributed by atoms with van der Waals surface area (Å²) >= 11 is 0. The molecule has 3 saturated carbocycles. The number of halogens is 1. The quantitative estimate of drug-likeness (QED) is 0.810. The maximum atomic E-state index is 13.3. The van der Waals surface area contributed by atoms with Gasteiger partial charge >= 0.3 is 0 Å². The second kappa shape index (κ2) is 7.95. The number of nitrogens with zero attached hydrogens (tertiary/aromatic N) is 1. The number of fused-ring (bicyclic) bond motifs is 2. The number of amides is 1. The van der Waals surface area contributed by atoms with E-state index in [1.807, 2.05) is 0 Å². The summed E-state index contributed by atoms with van der Waals surface area (Å²) in [6, 6.07) is 0.943. The highest BCUT2D eigenvalue weighted by Crippen LogP contribution is 2.43. The number of hydrogen-bond acceptors (Lipinski definition) is 2. The Kier molecular flexibility index (Phi) is 6.13. The van der Waals surface area contributed by atoms with Crippen LogP contribution in [0.1, 0.15) is 77.0 Å². The molecule has 0 spiro atoms. The van der Waals surface area contributed by atoms with Crippen molar-refractivity contribution in [3.63, 3.8) is 0 Å². The van der Waals surface area contributed by atoms with E-state index in [1.165, 1.54) is 64.2 Å². The Morgan fingerprint density at radius 2 is 1.42 bits per heavy atom. The standard InChI is InChI=1S/C20H34N2O.ClH/c21-19-15-8-4-9-16(19)13-17(12-15)20(23)22-11-5-10-18(22)14-6-2-1-3-7-14;/h14-19H,1-13,21H2;1H. The number of nitrogens with two attached hydrogens (primary N) is 1. The lowest BCUT2D eigenvalue weighted by atomic mass is 9.65. The lowest BCUT2D eigenvalue weighted by Crippen LogP contribution is -2.51. The van der Waals surface area contributed by atoms with Crippen molar-refractivity contribution in [2.24, 2.45) is 29.4 Å². The van der Waals surface area contributed by atoms with Crippen LogP contribution in [0.25, 0.3) is 0 Å². The first-order chi connectivity index (χ1) is 11.2. The zero-order valence-corrected chi connectivity index (χ0v) is 15.8. The van der Waals surface area contributed by atoms with Crippen molar-refractivity contribution in [3.05, 3.63) is 0 Å². The fourth-order valence-corrected chi connectivity index (χ4v) is 6.30. The van der Waals surface area contributed by atoms with E-state index in [0.29, 0.717) is 29.8 Å². The predicted octanol–water partition coefficient (Wildman–Crippen LogP) is 4.13. The van der Waals surface area contributed by atoms with Crippen LogP contribution in [0.5, 0.6) is 0 Å². The van der Waals surface area contributed by atoms with Gasteiger partial charge in [-0.3, -0.25) is 4.79 Å². The van der Waals surface area contributed by atoms with Gasteiger partial charge in [0, 0.05) is 24.5 Å². The fraction of sp³-hybridized carbons (Fsp3) is 0.950. The molecule has 4 fully saturated rings. The Morgan fingerprint density at radius 1 is 0.792 bits per heavy atom. The monoisotopic (exact) mass is 354 g/mol. The van der Waals surface area contributed by atoms with Crippen LogP contribution in [0, 0.1) is 23.7 Å². The highest BCUT2D eigenvalue weighted by Gasteiger charge is 2.44. The Bertz CT molecular complexity index is 423. The molecule has 1 amide bonds. The second-order valence-corrected chi connectivity index (χ2v) is 8.84. The molecule has 24 heavy (non-hydrogen) atoms. The molecule has 0 radical (unpaired) electrons. The molecule has 4 heteroatoms. The Morgan fingerprint density at radius 3 is 2.08 bits per heavy atom. The first-order valence-corrected chi connectivity index (χ1v) is 10.3. The second-order valence-electron chi connectivity index (χ2n) is 8.84. The average molecular weight is 355 g/mol. The summed E-state index contributed by atoms with van der Waals surface area (Å²) in [6.45, 7) is 1.03. The summed E-state index contributed by atoms with van der Waals surface area (Å²) in [7, 11) is 0. The summed E-state index contributed by atoms with van der Waals surface area (Å²) in [5.41, 5.74) is 6.42. The molecule has 1 heterocycles. The van der Waals surface area contributed by atoms with Gasteiger partial charge in [-0.2, -0.15) is 0 Å². The minimum atomic E-state index is 0. The van der Waals surface area contributed by atoms with Crippen LogP contribution >= 0.6 is 12.4 Å². The van der Waals surface area contributed by atoms with Crippen molar-refractivity contribution in [1.82, 2.24) is 4.90 Å². The van der Waals surface area contributed by atoms with Crippen LogP contribution in [-0.2, 0) is 4.79 Å². The van der Waals surface area contributed by atoms with Crippen molar-refractivity contribution in [3.8, 4) is 0 Å². The summed E-state index contributed by atoms with van der Waals surface area (Å²) in [5.74, 6) is 2.82. The highest BCUT2D eigenvalue weighted by atomic mass is 35.5. The van der Waals surface area contributed by atoms with Gasteiger partial charge in [0.2, 0.25) is 5.91 Å². The lowest BCUT2D eigenvalue weighted by molar-refractivity contribution is -0.140. The number of carbonyl (C=O) groups is 1. The van der Waals surface area contributed by atoms with Crippen molar-refractivity contribution in [1.29, 1.82) is 0 Å². The zero-order chi connectivity index (χ0) is 15.8. The maximum Gasteiger partial charge on any atom is 0.225 e. The smallest absolute Gasteiger partial charge is 0.225 e. The lowest BCUT2D eigenvalue weighted by Gasteiger charge is -2.45. The molecule has 3 unspecified atom stereocenters. The molecule has 138 valence electrons. The Hall–Kier alpha value is -0.280. The number of hydrogen-bond donors (Lipinski definition) is 1. The van der Waals surface area contributed by atoms with Gasteiger partial charge in [0.25, 0.3) is 0 Å². The average Bonchev–Trinajstić information content (AvgIpc) is 3.04. The van der Waals surface area contributed by atoms with Gasteiger partial charge < -0.3 is 10.6 Å². The summed E-state index contributed by atoms with van der Waals surface area (Å²) in [6.07, 6.45) is 15.4. The third-order valence-corrected chi connectivity index (χ3v) is 7.54. The minimum Gasteiger partial charge on any atom is -0.339 e. The minimum absolute atomic E-state index is 0. The normalized spacial score (nSPS) is 40.2. The van der Waals surface area contributed by atoms with Gasteiger partial charge in [0.15, 0.2) is 0 Å². The first kappa shape index (κ1) is 18.5. The van der Waals surface area contributed by atoms with Crippen molar-refractivity contribution in [2.75, 3.05) is 6.54 Å². The van der Waals surface area contributed by atoms with Crippen molar-refractivity contribution in [2.45, 2.75) is 89.1 Å². The van der Waals surface area contributed by atoms with E-state index in [9.17, 15) is 4.79 Å². The molecule has 1 saturated heterocycles.